The number of hydrogen-bond donors (Lipinski definition) is 0. The molecule has 0 N–H and O–H groups in total. The Bertz CT molecular complexity index is 3050. The van der Waals surface area contributed by atoms with Crippen LogP contribution in [0, 0.1) is 0 Å². The molecule has 2 aliphatic rings. The molecule has 308 valence electrons. The summed E-state index contributed by atoms with van der Waals surface area (Å²) >= 11 is 0. The first-order valence-electron chi connectivity index (χ1n) is 22.1. The van der Waals surface area contributed by atoms with E-state index in [0.29, 0.717) is 0 Å². The van der Waals surface area contributed by atoms with E-state index < -0.39 is 8.88 Å². The Hall–Kier alpha value is -8.38. The highest BCUT2D eigenvalue weighted by atomic mass is 28.4. The van der Waals surface area contributed by atoms with Gasteiger partial charge in [0.2, 0.25) is 0 Å². The maximum Gasteiger partial charge on any atom is 0.733 e. The molecule has 2 heterocycles. The molecule has 65 heavy (non-hydrogen) atoms. The zero-order valence-electron chi connectivity index (χ0n) is 35.5. The number of hydrogen-bond acceptors (Lipinski definition) is 4. The summed E-state index contributed by atoms with van der Waals surface area (Å²) < 4.78 is 20.2. The molecule has 10 aromatic carbocycles. The second-order valence-electron chi connectivity index (χ2n) is 16.4. The van der Waals surface area contributed by atoms with Gasteiger partial charge >= 0.3 is 8.88 Å². The predicted molar refractivity (Wildman–Crippen MR) is 270 cm³/mol. The van der Waals surface area contributed by atoms with Gasteiger partial charge in [-0.15, -0.1) is 0 Å². The highest BCUT2D eigenvalue weighted by Gasteiger charge is 2.68. The van der Waals surface area contributed by atoms with Crippen LogP contribution in [0.15, 0.2) is 255 Å². The Kier molecular flexibility index (Phi) is 9.47. The molecule has 1 spiro atoms. The van der Waals surface area contributed by atoms with E-state index in [-0.39, 0.29) is 0 Å². The molecule has 12 rings (SSSR count). The maximum absolute atomic E-state index is 7.71. The van der Waals surface area contributed by atoms with E-state index >= 15 is 0 Å². The summed E-state index contributed by atoms with van der Waals surface area (Å²) in [5, 5.41) is 0. The number of anilines is 4. The topological polar surface area (TPSA) is 24.9 Å². The van der Waals surface area contributed by atoms with Crippen molar-refractivity contribution in [2.75, 3.05) is 9.13 Å². The second-order valence-corrected chi connectivity index (χ2v) is 18.8. The fourth-order valence-electron chi connectivity index (χ4n) is 9.44. The smallest absolute Gasteiger partial charge is 0.478 e. The van der Waals surface area contributed by atoms with Gasteiger partial charge in [0.25, 0.3) is 0 Å². The molecule has 0 saturated carbocycles. The van der Waals surface area contributed by atoms with Crippen molar-refractivity contribution >= 4 is 31.6 Å². The minimum absolute atomic E-state index is 0.771. The van der Waals surface area contributed by atoms with Crippen LogP contribution in [0.4, 0.5) is 22.7 Å². The highest BCUT2D eigenvalue weighted by Crippen LogP contribution is 2.58. The molecule has 0 bridgehead atoms. The average molecular weight is 851 g/mol. The molecule has 0 radical (unpaired) electrons. The first-order valence-corrected chi connectivity index (χ1v) is 23.8. The van der Waals surface area contributed by atoms with Crippen LogP contribution in [0.25, 0.3) is 66.8 Å². The SMILES string of the molecule is c1ccc(-c2ccc(N3c4cc(-c5ccccc5)c(-c5ccccc5)cc4O[Si]34Oc3cc(-c5ccccc5)c(-c5ccccc5)cc3N4c3ccc(-c4ccccc4)cc3)cc2)cc1. The van der Waals surface area contributed by atoms with Crippen LogP contribution in [0.3, 0.4) is 0 Å². The molecule has 0 amide bonds. The molecule has 0 atom stereocenters. The summed E-state index contributed by atoms with van der Waals surface area (Å²) in [6.45, 7) is 0. The maximum atomic E-state index is 7.71. The Morgan fingerprint density at radius 3 is 0.785 bits per heavy atom. The van der Waals surface area contributed by atoms with Crippen LogP contribution >= 0.6 is 0 Å². The van der Waals surface area contributed by atoms with Crippen LogP contribution in [0.1, 0.15) is 0 Å². The molecular formula is C60H42N2O2Si. The Morgan fingerprint density at radius 1 is 0.246 bits per heavy atom. The third kappa shape index (κ3) is 6.78. The number of benzene rings is 10. The van der Waals surface area contributed by atoms with Crippen LogP contribution in [0.5, 0.6) is 11.5 Å². The average Bonchev–Trinajstić information content (AvgIpc) is 3.88. The van der Waals surface area contributed by atoms with Crippen molar-refractivity contribution in [2.45, 2.75) is 0 Å². The molecule has 0 fully saturated rings. The van der Waals surface area contributed by atoms with Gasteiger partial charge in [-0.05, 0) is 115 Å². The fraction of sp³-hybridized carbons (Fsp3) is 0. The molecule has 4 nitrogen and oxygen atoms in total. The van der Waals surface area contributed by atoms with Gasteiger partial charge in [-0.25, -0.2) is 0 Å². The predicted octanol–water partition coefficient (Wildman–Crippen LogP) is 15.9. The third-order valence-electron chi connectivity index (χ3n) is 12.5. The van der Waals surface area contributed by atoms with Gasteiger partial charge in [0.15, 0.2) is 0 Å². The molecule has 0 aromatic heterocycles. The van der Waals surface area contributed by atoms with Crippen LogP contribution in [-0.4, -0.2) is 8.88 Å². The third-order valence-corrected chi connectivity index (χ3v) is 15.6. The van der Waals surface area contributed by atoms with Crippen LogP contribution in [-0.2, 0) is 0 Å². The molecule has 2 aliphatic heterocycles. The van der Waals surface area contributed by atoms with E-state index in [1.807, 2.05) is 0 Å². The van der Waals surface area contributed by atoms with Crippen molar-refractivity contribution in [3.05, 3.63) is 255 Å². The van der Waals surface area contributed by atoms with Crippen LogP contribution < -0.4 is 18.0 Å². The normalized spacial score (nSPS) is 13.2. The van der Waals surface area contributed by atoms with E-state index in [1.165, 1.54) is 0 Å². The number of nitrogens with zero attached hydrogens (tertiary/aromatic N) is 2. The minimum atomic E-state index is -3.84. The monoisotopic (exact) mass is 850 g/mol. The second kappa shape index (κ2) is 16.1. The van der Waals surface area contributed by atoms with Crippen molar-refractivity contribution in [3.8, 4) is 78.3 Å². The van der Waals surface area contributed by atoms with Crippen molar-refractivity contribution in [1.29, 1.82) is 0 Å². The quantitative estimate of drug-likeness (QED) is 0.142. The van der Waals surface area contributed by atoms with Gasteiger partial charge in [-0.1, -0.05) is 206 Å². The van der Waals surface area contributed by atoms with Crippen molar-refractivity contribution in [2.24, 2.45) is 0 Å². The fourth-order valence-corrected chi connectivity index (χ4v) is 12.9. The van der Waals surface area contributed by atoms with E-state index in [0.717, 1.165) is 101 Å². The minimum Gasteiger partial charge on any atom is -0.478 e. The molecular weight excluding hydrogens is 809 g/mol. The summed E-state index contributed by atoms with van der Waals surface area (Å²) in [5.41, 5.74) is 17.3. The Morgan fingerprint density at radius 2 is 0.492 bits per heavy atom. The summed E-state index contributed by atoms with van der Waals surface area (Å²) in [6, 6.07) is 90.5. The van der Waals surface area contributed by atoms with Crippen molar-refractivity contribution in [3.63, 3.8) is 0 Å². The highest BCUT2D eigenvalue weighted by molar-refractivity contribution is 6.82. The first kappa shape index (κ1) is 38.3. The standard InChI is InChI=1S/C60H42N2O2Si/c1-7-19-43(20-8-1)45-31-35-51(36-32-45)61-57-39-53(47-23-11-3-12-24-47)55(49-27-15-5-16-28-49)41-59(57)63-65(61)62(52-37-33-46(34-38-52)44-21-9-2-10-22-44)58-40-54(48-25-13-4-14-26-48)56(42-60(58)64-65)50-29-17-6-18-30-50/h1-42H. The van der Waals surface area contributed by atoms with E-state index in [4.69, 9.17) is 8.85 Å². The van der Waals surface area contributed by atoms with Crippen molar-refractivity contribution < 1.29 is 8.85 Å². The molecule has 0 saturated heterocycles. The first-order chi connectivity index (χ1) is 32.2. The van der Waals surface area contributed by atoms with Crippen LogP contribution in [0.2, 0.25) is 0 Å². The zero-order valence-corrected chi connectivity index (χ0v) is 36.5. The number of fused-ring (bicyclic) bond motifs is 2. The summed E-state index contributed by atoms with van der Waals surface area (Å²) in [5.74, 6) is 1.54. The lowest BCUT2D eigenvalue weighted by Crippen LogP contribution is -2.67. The number of rotatable bonds is 8. The largest absolute Gasteiger partial charge is 0.733 e. The van der Waals surface area contributed by atoms with E-state index in [9.17, 15) is 0 Å². The summed E-state index contributed by atoms with van der Waals surface area (Å²) in [7, 11) is -3.84. The Labute approximate surface area is 380 Å². The lowest BCUT2D eigenvalue weighted by Gasteiger charge is -2.35. The van der Waals surface area contributed by atoms with E-state index in [2.05, 4.69) is 264 Å². The van der Waals surface area contributed by atoms with Gasteiger partial charge in [0.1, 0.15) is 11.5 Å². The van der Waals surface area contributed by atoms with Gasteiger partial charge in [-0.2, -0.15) is 0 Å². The molecule has 5 heteroatoms. The molecule has 0 aliphatic carbocycles. The Balaban J connectivity index is 1.12. The summed E-state index contributed by atoms with van der Waals surface area (Å²) in [6.07, 6.45) is 0. The summed E-state index contributed by atoms with van der Waals surface area (Å²) in [4.78, 5) is 0. The van der Waals surface area contributed by atoms with Crippen molar-refractivity contribution in [1.82, 2.24) is 0 Å². The van der Waals surface area contributed by atoms with E-state index in [1.54, 1.807) is 0 Å². The lowest BCUT2D eigenvalue weighted by atomic mass is 9.93. The molecule has 10 aromatic rings. The molecule has 0 unspecified atom stereocenters. The van der Waals surface area contributed by atoms with Gasteiger partial charge in [0.05, 0.1) is 11.4 Å². The van der Waals surface area contributed by atoms with Gasteiger partial charge < -0.3 is 8.85 Å². The van der Waals surface area contributed by atoms with Gasteiger partial charge in [0, 0.05) is 11.4 Å². The lowest BCUT2D eigenvalue weighted by molar-refractivity contribution is 0.414. The zero-order chi connectivity index (χ0) is 43.2. The van der Waals surface area contributed by atoms with Gasteiger partial charge in [-0.3, -0.25) is 9.13 Å².